The summed E-state index contributed by atoms with van der Waals surface area (Å²) in [5.74, 6) is -3.75. The highest BCUT2D eigenvalue weighted by atomic mass is 16.5. The van der Waals surface area contributed by atoms with Crippen LogP contribution >= 0.6 is 0 Å². The molecule has 2 amide bonds. The first-order chi connectivity index (χ1) is 18.4. The minimum Gasteiger partial charge on any atom is -0.508 e. The minimum absolute atomic E-state index is 0.0240. The van der Waals surface area contributed by atoms with Crippen LogP contribution in [0.15, 0.2) is 24.3 Å². The van der Waals surface area contributed by atoms with E-state index in [1.165, 1.54) is 19.1 Å². The van der Waals surface area contributed by atoms with E-state index >= 15 is 0 Å². The number of Topliss-reactive ketones (excluding diaryl/α,β-unsaturated/α-hetero) is 2. The van der Waals surface area contributed by atoms with E-state index in [1.807, 2.05) is 13.8 Å². The maximum absolute atomic E-state index is 13.3. The summed E-state index contributed by atoms with van der Waals surface area (Å²) >= 11 is 0. The molecule has 0 radical (unpaired) electrons. The van der Waals surface area contributed by atoms with E-state index in [4.69, 9.17) is 9.47 Å². The van der Waals surface area contributed by atoms with E-state index in [1.54, 1.807) is 19.2 Å². The smallest absolute Gasteiger partial charge is 0.305 e. The zero-order chi connectivity index (χ0) is 29.4. The number of ether oxygens (including phenoxy) is 2. The van der Waals surface area contributed by atoms with E-state index in [0.29, 0.717) is 38.2 Å². The van der Waals surface area contributed by atoms with Crippen LogP contribution in [-0.2, 0) is 39.9 Å². The Labute approximate surface area is 229 Å². The lowest BCUT2D eigenvalue weighted by Gasteiger charge is -2.24. The standard InChI is InChI=1S/C28H42N2O9/c1-18(2)14-21(16-26(34)23(29-19(3)31)15-20-7-9-22(32)10-8-20)28(37)30-24(17-27(35)36)25(33)6-5-11-39-13-12-38-4/h7-10,18,21,23-24,32H,5-6,11-17H2,1-4H3,(H,29,31)(H,30,37)(H,35,36)/t21-,23-,24-/m0/s1. The Morgan fingerprint density at radius 1 is 0.897 bits per heavy atom. The van der Waals surface area contributed by atoms with Crippen LogP contribution in [0.1, 0.15) is 58.4 Å². The van der Waals surface area contributed by atoms with Gasteiger partial charge in [0.25, 0.3) is 0 Å². The number of phenolic OH excluding ortho intramolecular Hbond substituents is 1. The molecule has 11 heteroatoms. The SMILES string of the molecule is COCCOCCCC(=O)[C@H](CC(=O)O)NC(=O)[C@H](CC(=O)[C@H](Cc1ccc(O)cc1)NC(C)=O)CC(C)C. The monoisotopic (exact) mass is 550 g/mol. The number of hydrogen-bond acceptors (Lipinski definition) is 8. The number of benzene rings is 1. The lowest BCUT2D eigenvalue weighted by Crippen LogP contribution is -2.47. The molecule has 1 aromatic carbocycles. The summed E-state index contributed by atoms with van der Waals surface area (Å²) in [5.41, 5.74) is 0.711. The van der Waals surface area contributed by atoms with Crippen LogP contribution in [0.2, 0.25) is 0 Å². The Morgan fingerprint density at radius 2 is 1.56 bits per heavy atom. The minimum atomic E-state index is -1.24. The van der Waals surface area contributed by atoms with Gasteiger partial charge in [0.15, 0.2) is 11.6 Å². The van der Waals surface area contributed by atoms with Gasteiger partial charge in [-0.1, -0.05) is 26.0 Å². The van der Waals surface area contributed by atoms with Gasteiger partial charge in [-0.05, 0) is 42.9 Å². The molecule has 0 bridgehead atoms. The molecular weight excluding hydrogens is 508 g/mol. The Bertz CT molecular complexity index is 947. The predicted octanol–water partition coefficient (Wildman–Crippen LogP) is 2.03. The molecule has 1 rings (SSSR count). The number of ketones is 2. The average molecular weight is 551 g/mol. The van der Waals surface area contributed by atoms with Crippen molar-refractivity contribution in [3.63, 3.8) is 0 Å². The molecular formula is C28H42N2O9. The second-order valence-electron chi connectivity index (χ2n) is 9.95. The number of aliphatic carboxylic acids is 1. The Kier molecular flexibility index (Phi) is 15.6. The van der Waals surface area contributed by atoms with Crippen LogP contribution in [0.5, 0.6) is 5.75 Å². The molecule has 218 valence electrons. The van der Waals surface area contributed by atoms with Gasteiger partial charge in [-0.3, -0.25) is 24.0 Å². The molecule has 0 heterocycles. The van der Waals surface area contributed by atoms with Crippen LogP contribution in [0.3, 0.4) is 0 Å². The largest absolute Gasteiger partial charge is 0.508 e. The molecule has 1 aromatic rings. The van der Waals surface area contributed by atoms with Crippen molar-refractivity contribution in [2.45, 2.75) is 71.4 Å². The molecule has 0 fully saturated rings. The molecule has 0 aliphatic carbocycles. The first-order valence-corrected chi connectivity index (χ1v) is 13.1. The third-order valence-electron chi connectivity index (χ3n) is 5.94. The summed E-state index contributed by atoms with van der Waals surface area (Å²) < 4.78 is 10.2. The normalized spacial score (nSPS) is 13.4. The second kappa shape index (κ2) is 18.1. The third-order valence-corrected chi connectivity index (χ3v) is 5.94. The Hall–Kier alpha value is -3.31. The highest BCUT2D eigenvalue weighted by Crippen LogP contribution is 2.20. The van der Waals surface area contributed by atoms with E-state index in [-0.39, 0.29) is 36.7 Å². The first kappa shape index (κ1) is 33.7. The molecule has 11 nitrogen and oxygen atoms in total. The Morgan fingerprint density at radius 3 is 2.13 bits per heavy atom. The molecule has 0 saturated heterocycles. The third kappa shape index (κ3) is 14.4. The molecule has 0 aliphatic rings. The summed E-state index contributed by atoms with van der Waals surface area (Å²) in [6, 6.07) is 4.10. The van der Waals surface area contributed by atoms with Gasteiger partial charge in [-0.2, -0.15) is 0 Å². The van der Waals surface area contributed by atoms with Crippen LogP contribution in [0.4, 0.5) is 0 Å². The van der Waals surface area contributed by atoms with Crippen molar-refractivity contribution in [3.8, 4) is 5.75 Å². The number of rotatable bonds is 20. The zero-order valence-electron chi connectivity index (χ0n) is 23.2. The maximum Gasteiger partial charge on any atom is 0.305 e. The van der Waals surface area contributed by atoms with Crippen LogP contribution in [0.25, 0.3) is 0 Å². The van der Waals surface area contributed by atoms with E-state index < -0.39 is 48.0 Å². The fraction of sp³-hybridized carbons (Fsp3) is 0.607. The molecule has 0 saturated carbocycles. The number of aromatic hydroxyl groups is 1. The van der Waals surface area contributed by atoms with Crippen molar-refractivity contribution < 1.29 is 43.7 Å². The van der Waals surface area contributed by atoms with E-state index in [0.717, 1.165) is 0 Å². The fourth-order valence-electron chi connectivity index (χ4n) is 4.07. The molecule has 0 aromatic heterocycles. The zero-order valence-corrected chi connectivity index (χ0v) is 23.2. The molecule has 4 N–H and O–H groups in total. The van der Waals surface area contributed by atoms with Gasteiger partial charge in [0.1, 0.15) is 5.75 Å². The van der Waals surface area contributed by atoms with Gasteiger partial charge < -0.3 is 30.3 Å². The van der Waals surface area contributed by atoms with Crippen molar-refractivity contribution >= 4 is 29.4 Å². The number of carbonyl (C=O) groups excluding carboxylic acids is 4. The summed E-state index contributed by atoms with van der Waals surface area (Å²) in [5, 5.41) is 24.0. The highest BCUT2D eigenvalue weighted by molar-refractivity contribution is 5.95. The van der Waals surface area contributed by atoms with Crippen molar-refractivity contribution in [2.24, 2.45) is 11.8 Å². The van der Waals surface area contributed by atoms with Crippen molar-refractivity contribution in [1.29, 1.82) is 0 Å². The second-order valence-corrected chi connectivity index (χ2v) is 9.95. The summed E-state index contributed by atoms with van der Waals surface area (Å²) in [6.07, 6.45) is 0.0989. The quantitative estimate of drug-likeness (QED) is 0.178. The molecule has 0 spiro atoms. The Balaban J connectivity index is 2.94. The number of carboxylic acids is 1. The number of nitrogens with one attached hydrogen (secondary N) is 2. The summed E-state index contributed by atoms with van der Waals surface area (Å²) in [7, 11) is 1.54. The van der Waals surface area contributed by atoms with Crippen molar-refractivity contribution in [3.05, 3.63) is 29.8 Å². The predicted molar refractivity (Wildman–Crippen MR) is 143 cm³/mol. The molecule has 0 unspecified atom stereocenters. The lowest BCUT2D eigenvalue weighted by atomic mass is 9.88. The van der Waals surface area contributed by atoms with Gasteiger partial charge in [-0.15, -0.1) is 0 Å². The molecule has 3 atom stereocenters. The van der Waals surface area contributed by atoms with Crippen LogP contribution < -0.4 is 10.6 Å². The highest BCUT2D eigenvalue weighted by Gasteiger charge is 2.31. The summed E-state index contributed by atoms with van der Waals surface area (Å²) in [6.45, 7) is 6.14. The molecule has 0 aliphatic heterocycles. The topological polar surface area (TPSA) is 168 Å². The van der Waals surface area contributed by atoms with Crippen molar-refractivity contribution in [1.82, 2.24) is 10.6 Å². The number of carbonyl (C=O) groups is 5. The number of carboxylic acid groups (broad SMARTS) is 1. The van der Waals surface area contributed by atoms with Gasteiger partial charge >= 0.3 is 5.97 Å². The number of phenols is 1. The van der Waals surface area contributed by atoms with Gasteiger partial charge in [-0.25, -0.2) is 0 Å². The number of hydrogen-bond donors (Lipinski definition) is 4. The fourth-order valence-corrected chi connectivity index (χ4v) is 4.07. The number of methoxy groups -OCH3 is 1. The van der Waals surface area contributed by atoms with E-state index in [2.05, 4.69) is 10.6 Å². The lowest BCUT2D eigenvalue weighted by molar-refractivity contribution is -0.141. The molecule has 39 heavy (non-hydrogen) atoms. The van der Waals surface area contributed by atoms with Gasteiger partial charge in [0.2, 0.25) is 11.8 Å². The van der Waals surface area contributed by atoms with Crippen LogP contribution in [-0.4, -0.2) is 78.6 Å². The van der Waals surface area contributed by atoms with Gasteiger partial charge in [0, 0.05) is 39.4 Å². The van der Waals surface area contributed by atoms with Crippen LogP contribution in [0, 0.1) is 11.8 Å². The van der Waals surface area contributed by atoms with Gasteiger partial charge in [0.05, 0.1) is 31.7 Å². The maximum atomic E-state index is 13.3. The van der Waals surface area contributed by atoms with Crippen molar-refractivity contribution in [2.75, 3.05) is 26.9 Å². The van der Waals surface area contributed by atoms with E-state index in [9.17, 15) is 34.2 Å². The average Bonchev–Trinajstić information content (AvgIpc) is 2.85. The number of amides is 2. The first-order valence-electron chi connectivity index (χ1n) is 13.1. The summed E-state index contributed by atoms with van der Waals surface area (Å²) in [4.78, 5) is 62.4.